The van der Waals surface area contributed by atoms with Crippen LogP contribution in [0.5, 0.6) is 0 Å². The van der Waals surface area contributed by atoms with Gasteiger partial charge in [0, 0.05) is 23.7 Å². The van der Waals surface area contributed by atoms with Gasteiger partial charge in [-0.05, 0) is 44.5 Å². The van der Waals surface area contributed by atoms with E-state index < -0.39 is 41.4 Å². The molecule has 7 rings (SSSR count). The van der Waals surface area contributed by atoms with Crippen molar-refractivity contribution in [3.05, 3.63) is 84.0 Å². The van der Waals surface area contributed by atoms with E-state index in [9.17, 15) is 16.8 Å². The molecule has 0 aromatic heterocycles. The summed E-state index contributed by atoms with van der Waals surface area (Å²) < 4.78 is 63.1. The predicted octanol–water partition coefficient (Wildman–Crippen LogP) is 3.98. The second-order valence-corrected chi connectivity index (χ2v) is 14.8. The van der Waals surface area contributed by atoms with Gasteiger partial charge < -0.3 is 4.74 Å². The predicted molar refractivity (Wildman–Crippen MR) is 127 cm³/mol. The third kappa shape index (κ3) is 2.12. The Bertz CT molecular complexity index is 1380. The third-order valence-corrected chi connectivity index (χ3v) is 13.9. The molecule has 0 spiro atoms. The quantitative estimate of drug-likeness (QED) is 0.474. The van der Waals surface area contributed by atoms with Gasteiger partial charge >= 0.3 is 0 Å². The topological polar surface area (TPSA) is 80.8 Å². The van der Waals surface area contributed by atoms with Crippen LogP contribution in [0.4, 0.5) is 0 Å². The van der Waals surface area contributed by atoms with Gasteiger partial charge in [-0.1, -0.05) is 59.7 Å². The van der Waals surface area contributed by atoms with Gasteiger partial charge in [-0.15, -0.1) is 0 Å². The molecule has 7 heteroatoms. The molecular weight excluding hydrogens is 468 g/mol. The lowest BCUT2D eigenvalue weighted by molar-refractivity contribution is 0.121. The molecular formula is C27H26O5S2. The Labute approximate surface area is 200 Å². The number of ether oxygens (including phenoxy) is 1. The maximum atomic E-state index is 14.1. The first-order valence-corrected chi connectivity index (χ1v) is 14.9. The van der Waals surface area contributed by atoms with E-state index in [0.717, 1.165) is 0 Å². The van der Waals surface area contributed by atoms with Crippen LogP contribution in [0.15, 0.2) is 93.8 Å². The summed E-state index contributed by atoms with van der Waals surface area (Å²) in [4.78, 5) is 0.370. The van der Waals surface area contributed by atoms with Crippen LogP contribution in [-0.4, -0.2) is 38.5 Å². The molecule has 176 valence electrons. The molecule has 1 saturated heterocycles. The van der Waals surface area contributed by atoms with Crippen LogP contribution in [0.2, 0.25) is 0 Å². The third-order valence-electron chi connectivity index (χ3n) is 9.16. The highest BCUT2D eigenvalue weighted by Crippen LogP contribution is 2.85. The molecule has 0 N–H and O–H groups in total. The molecule has 5 nitrogen and oxygen atoms in total. The van der Waals surface area contributed by atoms with E-state index in [1.807, 2.05) is 0 Å². The first-order chi connectivity index (χ1) is 16.2. The maximum absolute atomic E-state index is 14.1. The molecule has 0 unspecified atom stereocenters. The molecule has 1 aliphatic heterocycles. The summed E-state index contributed by atoms with van der Waals surface area (Å²) in [6.45, 7) is 4.18. The van der Waals surface area contributed by atoms with E-state index in [0.29, 0.717) is 6.42 Å². The Hall–Kier alpha value is -2.22. The van der Waals surface area contributed by atoms with E-state index in [4.69, 9.17) is 4.74 Å². The monoisotopic (exact) mass is 494 g/mol. The van der Waals surface area contributed by atoms with Gasteiger partial charge in [-0.2, -0.15) is 0 Å². The Balaban J connectivity index is 1.46. The number of benzene rings is 2. The average molecular weight is 495 g/mol. The Morgan fingerprint density at radius 1 is 0.735 bits per heavy atom. The molecule has 34 heavy (non-hydrogen) atoms. The van der Waals surface area contributed by atoms with Crippen molar-refractivity contribution in [1.82, 2.24) is 0 Å². The molecule has 4 bridgehead atoms. The number of hydrogen-bond acceptors (Lipinski definition) is 5. The van der Waals surface area contributed by atoms with Crippen LogP contribution in [-0.2, 0) is 24.4 Å². The second kappa shape index (κ2) is 6.31. The lowest BCUT2D eigenvalue weighted by Gasteiger charge is -2.36. The number of fused-ring (bicyclic) bond motifs is 4. The molecule has 3 saturated carbocycles. The number of rotatable bonds is 4. The van der Waals surface area contributed by atoms with Crippen molar-refractivity contribution >= 4 is 19.7 Å². The van der Waals surface area contributed by atoms with Crippen LogP contribution >= 0.6 is 0 Å². The molecule has 0 radical (unpaired) electrons. The van der Waals surface area contributed by atoms with E-state index in [1.165, 1.54) is 11.1 Å². The highest BCUT2D eigenvalue weighted by molar-refractivity contribution is 7.96. The van der Waals surface area contributed by atoms with Crippen LogP contribution in [0.3, 0.4) is 0 Å². The first-order valence-electron chi connectivity index (χ1n) is 11.8. The van der Waals surface area contributed by atoms with Gasteiger partial charge in [0.15, 0.2) is 19.7 Å². The molecule has 4 fully saturated rings. The fourth-order valence-corrected chi connectivity index (χ4v) is 13.4. The van der Waals surface area contributed by atoms with Crippen LogP contribution in [0.1, 0.15) is 20.3 Å². The molecule has 4 aliphatic carbocycles. The minimum atomic E-state index is -3.92. The van der Waals surface area contributed by atoms with Crippen LogP contribution in [0, 0.1) is 23.7 Å². The lowest BCUT2D eigenvalue weighted by Crippen LogP contribution is -2.54. The van der Waals surface area contributed by atoms with E-state index in [-0.39, 0.29) is 33.5 Å². The smallest absolute Gasteiger partial charge is 0.182 e. The fourth-order valence-electron chi connectivity index (χ4n) is 8.21. The second-order valence-electron chi connectivity index (χ2n) is 10.6. The van der Waals surface area contributed by atoms with Crippen molar-refractivity contribution in [2.24, 2.45) is 23.7 Å². The van der Waals surface area contributed by atoms with Gasteiger partial charge in [-0.25, -0.2) is 16.8 Å². The Kier molecular flexibility index (Phi) is 3.91. The minimum absolute atomic E-state index is 0.0337. The normalized spacial score (nSPS) is 40.9. The van der Waals surface area contributed by atoms with Gasteiger partial charge in [-0.3, -0.25) is 0 Å². The standard InChI is InChI=1S/C27H26O5S2/c1-16(2)23-19-13-14-20(23)27-22-15-21(26(19,27)32-27)24(33(28,29)17-9-5-3-6-10-17)25(22)34(30,31)18-11-7-4-8-12-18/h3-14,19-22,24-25H,15H2,1-2H3/t19-,20-,21+,22+,24+,25+,26-,27-/m1/s1. The molecule has 2 aromatic carbocycles. The molecule has 8 atom stereocenters. The SMILES string of the molecule is CC(C)=C1[C@H]2C=C[C@H]1[C@]13O[C@@]21[C@H]1C[C@H]3[C@H](S(=O)(=O)c2ccccc2)[C@H]1S(=O)(=O)c1ccccc1. The van der Waals surface area contributed by atoms with E-state index in [1.54, 1.807) is 60.7 Å². The van der Waals surface area contributed by atoms with Gasteiger partial charge in [0.2, 0.25) is 0 Å². The molecule has 1 heterocycles. The van der Waals surface area contributed by atoms with Crippen molar-refractivity contribution in [2.45, 2.75) is 51.8 Å². The first kappa shape index (κ1) is 21.1. The number of epoxide rings is 1. The Morgan fingerprint density at radius 3 is 1.53 bits per heavy atom. The summed E-state index contributed by atoms with van der Waals surface area (Å²) in [6.07, 6.45) is 4.91. The van der Waals surface area contributed by atoms with Crippen LogP contribution < -0.4 is 0 Å². The highest BCUT2D eigenvalue weighted by atomic mass is 32.2. The largest absolute Gasteiger partial charge is 0.360 e. The Morgan fingerprint density at radius 2 is 1.15 bits per heavy atom. The summed E-state index contributed by atoms with van der Waals surface area (Å²) in [6, 6.07) is 16.6. The van der Waals surface area contributed by atoms with Crippen molar-refractivity contribution in [3.8, 4) is 0 Å². The molecule has 5 aliphatic rings. The zero-order valence-corrected chi connectivity index (χ0v) is 20.6. The zero-order chi connectivity index (χ0) is 23.7. The van der Waals surface area contributed by atoms with E-state index in [2.05, 4.69) is 26.0 Å². The minimum Gasteiger partial charge on any atom is -0.360 e. The van der Waals surface area contributed by atoms with Crippen molar-refractivity contribution < 1.29 is 21.6 Å². The highest BCUT2D eigenvalue weighted by Gasteiger charge is 2.95. The van der Waals surface area contributed by atoms with Crippen molar-refractivity contribution in [2.75, 3.05) is 0 Å². The number of hydrogen-bond donors (Lipinski definition) is 0. The summed E-state index contributed by atoms with van der Waals surface area (Å²) in [5, 5.41) is -2.07. The van der Waals surface area contributed by atoms with Gasteiger partial charge in [0.1, 0.15) is 11.2 Å². The van der Waals surface area contributed by atoms with Crippen molar-refractivity contribution in [1.29, 1.82) is 0 Å². The summed E-state index contributed by atoms with van der Waals surface area (Å²) in [7, 11) is -7.83. The summed E-state index contributed by atoms with van der Waals surface area (Å²) in [5.74, 6) is -0.654. The average Bonchev–Trinajstić information content (AvgIpc) is 3.15. The van der Waals surface area contributed by atoms with E-state index >= 15 is 0 Å². The fraction of sp³-hybridized carbons (Fsp3) is 0.407. The van der Waals surface area contributed by atoms with Crippen LogP contribution in [0.25, 0.3) is 0 Å². The number of allylic oxidation sites excluding steroid dienone is 1. The zero-order valence-electron chi connectivity index (χ0n) is 19.0. The van der Waals surface area contributed by atoms with Gasteiger partial charge in [0.25, 0.3) is 0 Å². The van der Waals surface area contributed by atoms with Gasteiger partial charge in [0.05, 0.1) is 20.3 Å². The molecule has 0 amide bonds. The summed E-state index contributed by atoms with van der Waals surface area (Å²) >= 11 is 0. The molecule has 2 aromatic rings. The summed E-state index contributed by atoms with van der Waals surface area (Å²) in [5.41, 5.74) is 1.33. The van der Waals surface area contributed by atoms with Crippen molar-refractivity contribution in [3.63, 3.8) is 0 Å². The number of sulfone groups is 2. The maximum Gasteiger partial charge on any atom is 0.182 e. The lowest BCUT2D eigenvalue weighted by atomic mass is 9.73.